The summed E-state index contributed by atoms with van der Waals surface area (Å²) in [5, 5.41) is 20.3. The molecular weight excluding hydrogens is 316 g/mol. The first kappa shape index (κ1) is 16.1. The number of rotatable bonds is 4. The van der Waals surface area contributed by atoms with Gasteiger partial charge in [0.2, 0.25) is 0 Å². The summed E-state index contributed by atoms with van der Waals surface area (Å²) in [4.78, 5) is 7.30. The molecule has 3 rings (SSSR count). The first-order valence-corrected chi connectivity index (χ1v) is 7.52. The minimum atomic E-state index is 0.0609. The molecule has 0 spiro atoms. The number of hydrogen-bond donors (Lipinski definition) is 3. The number of fused-ring (bicyclic) bond motifs is 1. The topological polar surface area (TPSA) is 107 Å². The molecule has 0 bridgehead atoms. The number of aliphatic imine (C=N–C) groups is 1. The van der Waals surface area contributed by atoms with Crippen molar-refractivity contribution in [2.24, 2.45) is 10.7 Å². The van der Waals surface area contributed by atoms with Gasteiger partial charge in [-0.15, -0.1) is 0 Å². The van der Waals surface area contributed by atoms with Crippen LogP contribution in [0.5, 0.6) is 11.5 Å². The molecular formula is C19H16N4O2. The van der Waals surface area contributed by atoms with Crippen LogP contribution in [-0.4, -0.2) is 23.0 Å². The van der Waals surface area contributed by atoms with Crippen molar-refractivity contribution >= 4 is 28.5 Å². The number of aromatic amines is 1. The maximum absolute atomic E-state index is 10.3. The number of ether oxygens (including phenoxy) is 1. The Morgan fingerprint density at radius 3 is 2.60 bits per heavy atom. The lowest BCUT2D eigenvalue weighted by Crippen LogP contribution is -2.13. The second-order valence-corrected chi connectivity index (χ2v) is 5.30. The Morgan fingerprint density at radius 1 is 1.24 bits per heavy atom. The van der Waals surface area contributed by atoms with Crippen molar-refractivity contribution in [3.05, 3.63) is 59.8 Å². The van der Waals surface area contributed by atoms with Gasteiger partial charge in [-0.3, -0.25) is 0 Å². The maximum Gasteiger partial charge on any atom is 0.148 e. The average molecular weight is 332 g/mol. The largest absolute Gasteiger partial charge is 0.505 e. The molecule has 0 saturated heterocycles. The Hall–Kier alpha value is -3.72. The van der Waals surface area contributed by atoms with Crippen LogP contribution in [0.1, 0.15) is 5.69 Å². The second-order valence-electron chi connectivity index (χ2n) is 5.30. The molecule has 0 aliphatic carbocycles. The molecule has 0 aliphatic heterocycles. The molecule has 0 amide bonds. The molecule has 1 heterocycles. The Labute approximate surface area is 144 Å². The number of para-hydroxylation sites is 1. The summed E-state index contributed by atoms with van der Waals surface area (Å²) in [5.41, 5.74) is 7.88. The summed E-state index contributed by atoms with van der Waals surface area (Å²) < 4.78 is 5.09. The number of amidine groups is 1. The van der Waals surface area contributed by atoms with Gasteiger partial charge in [-0.2, -0.15) is 5.26 Å². The highest BCUT2D eigenvalue weighted by Crippen LogP contribution is 2.30. The van der Waals surface area contributed by atoms with E-state index >= 15 is 0 Å². The number of nitriles is 1. The van der Waals surface area contributed by atoms with Crippen molar-refractivity contribution in [2.45, 2.75) is 0 Å². The summed E-state index contributed by atoms with van der Waals surface area (Å²) in [6.07, 6.45) is 1.48. The summed E-state index contributed by atoms with van der Waals surface area (Å²) in [7, 11) is 1.58. The molecule has 3 aromatic rings. The number of methoxy groups -OCH3 is 1. The molecule has 0 radical (unpaired) electrons. The van der Waals surface area contributed by atoms with Gasteiger partial charge in [0.05, 0.1) is 24.1 Å². The van der Waals surface area contributed by atoms with Crippen LogP contribution in [0.3, 0.4) is 0 Å². The number of aromatic nitrogens is 1. The lowest BCUT2D eigenvalue weighted by atomic mass is 10.2. The van der Waals surface area contributed by atoms with Gasteiger partial charge >= 0.3 is 0 Å². The zero-order valence-corrected chi connectivity index (χ0v) is 13.5. The molecule has 1 aromatic heterocycles. The van der Waals surface area contributed by atoms with Crippen LogP contribution in [0, 0.1) is 11.3 Å². The Balaban J connectivity index is 1.97. The molecule has 124 valence electrons. The molecule has 0 unspecified atom stereocenters. The highest BCUT2D eigenvalue weighted by molar-refractivity contribution is 6.06. The van der Waals surface area contributed by atoms with E-state index in [1.54, 1.807) is 37.4 Å². The SMILES string of the molecule is COc1ccc(N=C(N)C(C#N)=Cc2[nH]c3ccccc3c2O)cc1. The number of aromatic hydroxyl groups is 1. The Morgan fingerprint density at radius 2 is 1.96 bits per heavy atom. The molecule has 0 fully saturated rings. The van der Waals surface area contributed by atoms with Crippen molar-refractivity contribution in [3.63, 3.8) is 0 Å². The predicted molar refractivity (Wildman–Crippen MR) is 97.8 cm³/mol. The van der Waals surface area contributed by atoms with E-state index in [0.717, 1.165) is 5.52 Å². The van der Waals surface area contributed by atoms with Gasteiger partial charge in [0.25, 0.3) is 0 Å². The van der Waals surface area contributed by atoms with Crippen LogP contribution in [0.4, 0.5) is 5.69 Å². The van der Waals surface area contributed by atoms with Crippen molar-refractivity contribution in [1.82, 2.24) is 4.98 Å². The Bertz CT molecular complexity index is 1010. The highest BCUT2D eigenvalue weighted by Gasteiger charge is 2.10. The summed E-state index contributed by atoms with van der Waals surface area (Å²) in [6.45, 7) is 0. The summed E-state index contributed by atoms with van der Waals surface area (Å²) in [5.74, 6) is 0.836. The Kier molecular flexibility index (Phi) is 4.40. The fourth-order valence-electron chi connectivity index (χ4n) is 2.42. The van der Waals surface area contributed by atoms with Crippen molar-refractivity contribution in [2.75, 3.05) is 7.11 Å². The fraction of sp³-hybridized carbons (Fsp3) is 0.0526. The first-order chi connectivity index (χ1) is 12.1. The van der Waals surface area contributed by atoms with Gasteiger partial charge in [-0.25, -0.2) is 4.99 Å². The fourth-order valence-corrected chi connectivity index (χ4v) is 2.42. The van der Waals surface area contributed by atoms with Crippen LogP contribution in [0.15, 0.2) is 59.1 Å². The average Bonchev–Trinajstić information content (AvgIpc) is 2.96. The molecule has 0 saturated carbocycles. The number of nitrogens with one attached hydrogen (secondary N) is 1. The second kappa shape index (κ2) is 6.81. The standard InChI is InChI=1S/C19H16N4O2/c1-25-14-8-6-13(7-9-14)22-19(21)12(11-20)10-17-18(24)15-4-2-3-5-16(15)23-17/h2-10,23-24H,1H3,(H2,21,22). The minimum Gasteiger partial charge on any atom is -0.505 e. The number of H-pyrrole nitrogens is 1. The third-order valence-corrected chi connectivity index (χ3v) is 3.71. The lowest BCUT2D eigenvalue weighted by Gasteiger charge is -2.01. The van der Waals surface area contributed by atoms with E-state index in [2.05, 4.69) is 9.98 Å². The minimum absolute atomic E-state index is 0.0609. The quantitative estimate of drug-likeness (QED) is 0.386. The first-order valence-electron chi connectivity index (χ1n) is 7.52. The van der Waals surface area contributed by atoms with Gasteiger partial charge in [0.15, 0.2) is 0 Å². The van der Waals surface area contributed by atoms with E-state index in [-0.39, 0.29) is 17.2 Å². The van der Waals surface area contributed by atoms with Gasteiger partial charge in [-0.1, -0.05) is 12.1 Å². The van der Waals surface area contributed by atoms with E-state index in [0.29, 0.717) is 22.5 Å². The van der Waals surface area contributed by atoms with Crippen LogP contribution in [-0.2, 0) is 0 Å². The molecule has 25 heavy (non-hydrogen) atoms. The molecule has 6 heteroatoms. The van der Waals surface area contributed by atoms with E-state index < -0.39 is 0 Å². The van der Waals surface area contributed by atoms with Crippen LogP contribution in [0.2, 0.25) is 0 Å². The van der Waals surface area contributed by atoms with E-state index in [4.69, 9.17) is 10.5 Å². The van der Waals surface area contributed by atoms with Crippen molar-refractivity contribution in [3.8, 4) is 17.6 Å². The zero-order chi connectivity index (χ0) is 17.8. The summed E-state index contributed by atoms with van der Waals surface area (Å²) >= 11 is 0. The van der Waals surface area contributed by atoms with Gasteiger partial charge in [0.1, 0.15) is 23.4 Å². The number of nitrogens with zero attached hydrogens (tertiary/aromatic N) is 2. The molecule has 6 nitrogen and oxygen atoms in total. The van der Waals surface area contributed by atoms with Crippen molar-refractivity contribution in [1.29, 1.82) is 5.26 Å². The van der Waals surface area contributed by atoms with Gasteiger partial charge in [0, 0.05) is 10.9 Å². The predicted octanol–water partition coefficient (Wildman–Crippen LogP) is 3.48. The molecule has 2 aromatic carbocycles. The normalized spacial score (nSPS) is 12.2. The van der Waals surface area contributed by atoms with Crippen LogP contribution < -0.4 is 10.5 Å². The number of nitrogens with two attached hydrogens (primary N) is 1. The zero-order valence-electron chi connectivity index (χ0n) is 13.5. The molecule has 4 N–H and O–H groups in total. The van der Waals surface area contributed by atoms with Gasteiger partial charge in [-0.05, 0) is 42.5 Å². The monoisotopic (exact) mass is 332 g/mol. The van der Waals surface area contributed by atoms with Gasteiger partial charge < -0.3 is 20.6 Å². The van der Waals surface area contributed by atoms with Crippen molar-refractivity contribution < 1.29 is 9.84 Å². The number of hydrogen-bond acceptors (Lipinski definition) is 4. The highest BCUT2D eigenvalue weighted by atomic mass is 16.5. The van der Waals surface area contributed by atoms with E-state index in [1.165, 1.54) is 6.08 Å². The van der Waals surface area contributed by atoms with E-state index in [9.17, 15) is 10.4 Å². The molecule has 0 aliphatic rings. The van der Waals surface area contributed by atoms with Crippen LogP contribution in [0.25, 0.3) is 17.0 Å². The third-order valence-electron chi connectivity index (χ3n) is 3.71. The van der Waals surface area contributed by atoms with Crippen LogP contribution >= 0.6 is 0 Å². The third kappa shape index (κ3) is 3.31. The van der Waals surface area contributed by atoms with E-state index in [1.807, 2.05) is 24.3 Å². The number of benzene rings is 2. The summed E-state index contributed by atoms with van der Waals surface area (Å²) in [6, 6.07) is 16.3. The smallest absolute Gasteiger partial charge is 0.148 e. The molecule has 0 atom stereocenters. The lowest BCUT2D eigenvalue weighted by molar-refractivity contribution is 0.415. The maximum atomic E-state index is 10.3.